The summed E-state index contributed by atoms with van der Waals surface area (Å²) in [6, 6.07) is 2.02. The average Bonchev–Trinajstić information content (AvgIpc) is 3.05. The van der Waals surface area contributed by atoms with Crippen LogP contribution in [0, 0.1) is 0 Å². The van der Waals surface area contributed by atoms with Gasteiger partial charge in [0.1, 0.15) is 5.76 Å². The molecule has 1 aromatic heterocycles. The number of hydrogen-bond donors (Lipinski definition) is 2. The van der Waals surface area contributed by atoms with E-state index in [4.69, 9.17) is 4.52 Å². The smallest absolute Gasteiger partial charge is 0.273 e. The molecule has 0 spiro atoms. The maximum absolute atomic E-state index is 11.7. The van der Waals surface area contributed by atoms with E-state index in [1.807, 2.05) is 13.8 Å². The van der Waals surface area contributed by atoms with Gasteiger partial charge in [-0.05, 0) is 26.3 Å². The molecule has 0 saturated heterocycles. The first-order valence-electron chi connectivity index (χ1n) is 6.19. The molecule has 0 bridgehead atoms. The molecule has 1 heterocycles. The summed E-state index contributed by atoms with van der Waals surface area (Å²) in [4.78, 5) is 11.7. The Hall–Kier alpha value is -1.36. The summed E-state index contributed by atoms with van der Waals surface area (Å²) in [7, 11) is 0. The molecule has 5 heteroatoms. The van der Waals surface area contributed by atoms with Crippen molar-refractivity contribution in [3.63, 3.8) is 0 Å². The van der Waals surface area contributed by atoms with Crippen LogP contribution in [0.25, 0.3) is 0 Å². The molecular formula is C12H19N3O2. The van der Waals surface area contributed by atoms with Gasteiger partial charge in [0.15, 0.2) is 5.69 Å². The maximum atomic E-state index is 11.7. The largest absolute Gasteiger partial charge is 0.360 e. The second-order valence-electron chi connectivity index (χ2n) is 4.56. The topological polar surface area (TPSA) is 67.2 Å². The minimum atomic E-state index is -0.162. The first-order valence-corrected chi connectivity index (χ1v) is 6.19. The third kappa shape index (κ3) is 3.30. The predicted octanol–water partition coefficient (Wildman–Crippen LogP) is 1.28. The van der Waals surface area contributed by atoms with E-state index in [9.17, 15) is 4.79 Å². The van der Waals surface area contributed by atoms with Crippen LogP contribution in [0.5, 0.6) is 0 Å². The molecule has 1 aliphatic carbocycles. The van der Waals surface area contributed by atoms with Gasteiger partial charge in [-0.3, -0.25) is 4.79 Å². The summed E-state index contributed by atoms with van der Waals surface area (Å²) < 4.78 is 5.14. The van der Waals surface area contributed by atoms with Crippen molar-refractivity contribution in [3.05, 3.63) is 17.5 Å². The van der Waals surface area contributed by atoms with E-state index >= 15 is 0 Å². The fourth-order valence-electron chi connectivity index (χ4n) is 1.71. The maximum Gasteiger partial charge on any atom is 0.273 e. The standard InChI is InChI=1S/C12H19N3O2/c1-3-13-8(2)7-14-12(16)10-6-11(17-15-10)9-4-5-9/h6,8-9,13H,3-5,7H2,1-2H3,(H,14,16)/t8-/m1/s1. The Balaban J connectivity index is 1.81. The third-order valence-corrected chi connectivity index (χ3v) is 2.86. The van der Waals surface area contributed by atoms with Crippen LogP contribution in [-0.2, 0) is 0 Å². The quantitative estimate of drug-likeness (QED) is 0.782. The van der Waals surface area contributed by atoms with Crippen LogP contribution in [0.2, 0.25) is 0 Å². The van der Waals surface area contributed by atoms with E-state index in [2.05, 4.69) is 15.8 Å². The summed E-state index contributed by atoms with van der Waals surface area (Å²) in [5.74, 6) is 1.17. The van der Waals surface area contributed by atoms with Crippen LogP contribution >= 0.6 is 0 Å². The fourth-order valence-corrected chi connectivity index (χ4v) is 1.71. The number of rotatable bonds is 6. The number of carbonyl (C=O) groups is 1. The Morgan fingerprint density at radius 1 is 1.65 bits per heavy atom. The van der Waals surface area contributed by atoms with Gasteiger partial charge in [0.05, 0.1) is 0 Å². The fraction of sp³-hybridized carbons (Fsp3) is 0.667. The molecule has 1 fully saturated rings. The molecule has 1 aromatic rings. The van der Waals surface area contributed by atoms with Gasteiger partial charge in [0.25, 0.3) is 5.91 Å². The number of aromatic nitrogens is 1. The van der Waals surface area contributed by atoms with Crippen molar-refractivity contribution in [2.24, 2.45) is 0 Å². The predicted molar refractivity (Wildman–Crippen MR) is 63.9 cm³/mol. The SMILES string of the molecule is CCN[C@H](C)CNC(=O)c1cc(C2CC2)on1. The van der Waals surface area contributed by atoms with E-state index in [0.29, 0.717) is 18.2 Å². The van der Waals surface area contributed by atoms with Gasteiger partial charge in [0.2, 0.25) is 0 Å². The molecule has 0 aliphatic heterocycles. The summed E-state index contributed by atoms with van der Waals surface area (Å²) in [6.45, 7) is 5.56. The third-order valence-electron chi connectivity index (χ3n) is 2.86. The second-order valence-corrected chi connectivity index (χ2v) is 4.56. The summed E-state index contributed by atoms with van der Waals surface area (Å²) in [6.07, 6.45) is 2.29. The number of carbonyl (C=O) groups excluding carboxylic acids is 1. The number of nitrogens with one attached hydrogen (secondary N) is 2. The highest BCUT2D eigenvalue weighted by Gasteiger charge is 2.28. The number of hydrogen-bond acceptors (Lipinski definition) is 4. The summed E-state index contributed by atoms with van der Waals surface area (Å²) in [5, 5.41) is 9.85. The number of likely N-dealkylation sites (N-methyl/N-ethyl adjacent to an activating group) is 1. The van der Waals surface area contributed by atoms with Crippen LogP contribution in [0.15, 0.2) is 10.6 Å². The minimum absolute atomic E-state index is 0.162. The summed E-state index contributed by atoms with van der Waals surface area (Å²) in [5.41, 5.74) is 0.385. The van der Waals surface area contributed by atoms with E-state index in [1.54, 1.807) is 6.07 Å². The van der Waals surface area contributed by atoms with Crippen LogP contribution in [0.1, 0.15) is 48.9 Å². The lowest BCUT2D eigenvalue weighted by molar-refractivity contribution is 0.0941. The van der Waals surface area contributed by atoms with Gasteiger partial charge in [-0.1, -0.05) is 12.1 Å². The van der Waals surface area contributed by atoms with Crippen molar-refractivity contribution in [1.29, 1.82) is 0 Å². The van der Waals surface area contributed by atoms with Crippen molar-refractivity contribution >= 4 is 5.91 Å². The first-order chi connectivity index (χ1) is 8.20. The highest BCUT2D eigenvalue weighted by atomic mass is 16.5. The first kappa shape index (κ1) is 12.1. The Kier molecular flexibility index (Phi) is 3.78. The Morgan fingerprint density at radius 3 is 3.06 bits per heavy atom. The van der Waals surface area contributed by atoms with Crippen LogP contribution in [0.4, 0.5) is 0 Å². The van der Waals surface area contributed by atoms with Gasteiger partial charge in [-0.25, -0.2) is 0 Å². The molecule has 1 atom stereocenters. The molecule has 0 radical (unpaired) electrons. The van der Waals surface area contributed by atoms with Crippen molar-refractivity contribution in [2.75, 3.05) is 13.1 Å². The minimum Gasteiger partial charge on any atom is -0.360 e. The zero-order valence-electron chi connectivity index (χ0n) is 10.3. The van der Waals surface area contributed by atoms with Gasteiger partial charge in [-0.15, -0.1) is 0 Å². The lowest BCUT2D eigenvalue weighted by Gasteiger charge is -2.12. The Labute approximate surface area is 101 Å². The monoisotopic (exact) mass is 237 g/mol. The molecular weight excluding hydrogens is 218 g/mol. The molecule has 94 valence electrons. The Bertz CT molecular complexity index is 385. The number of amides is 1. The highest BCUT2D eigenvalue weighted by Crippen LogP contribution is 2.40. The summed E-state index contributed by atoms with van der Waals surface area (Å²) >= 11 is 0. The second kappa shape index (κ2) is 5.31. The molecule has 5 nitrogen and oxygen atoms in total. The lowest BCUT2D eigenvalue weighted by Crippen LogP contribution is -2.38. The molecule has 1 saturated carbocycles. The van der Waals surface area contributed by atoms with Crippen LogP contribution in [0.3, 0.4) is 0 Å². The Morgan fingerprint density at radius 2 is 2.41 bits per heavy atom. The van der Waals surface area contributed by atoms with E-state index in [-0.39, 0.29) is 11.9 Å². The molecule has 0 aromatic carbocycles. The molecule has 1 amide bonds. The van der Waals surface area contributed by atoms with E-state index in [0.717, 1.165) is 25.1 Å². The zero-order valence-corrected chi connectivity index (χ0v) is 10.3. The van der Waals surface area contributed by atoms with Crippen molar-refractivity contribution in [2.45, 2.75) is 38.6 Å². The van der Waals surface area contributed by atoms with E-state index < -0.39 is 0 Å². The van der Waals surface area contributed by atoms with Crippen molar-refractivity contribution in [3.8, 4) is 0 Å². The van der Waals surface area contributed by atoms with Gasteiger partial charge in [0, 0.05) is 24.6 Å². The van der Waals surface area contributed by atoms with Gasteiger partial charge < -0.3 is 15.2 Å². The molecule has 17 heavy (non-hydrogen) atoms. The van der Waals surface area contributed by atoms with Crippen molar-refractivity contribution < 1.29 is 9.32 Å². The molecule has 2 rings (SSSR count). The van der Waals surface area contributed by atoms with Crippen LogP contribution < -0.4 is 10.6 Å². The van der Waals surface area contributed by atoms with Gasteiger partial charge in [-0.2, -0.15) is 0 Å². The van der Waals surface area contributed by atoms with Crippen LogP contribution in [-0.4, -0.2) is 30.2 Å². The molecule has 0 unspecified atom stereocenters. The normalized spacial score (nSPS) is 16.8. The lowest BCUT2D eigenvalue weighted by atomic mass is 10.2. The van der Waals surface area contributed by atoms with Gasteiger partial charge >= 0.3 is 0 Å². The molecule has 2 N–H and O–H groups in total. The zero-order chi connectivity index (χ0) is 12.3. The highest BCUT2D eigenvalue weighted by molar-refractivity contribution is 5.92. The number of nitrogens with zero attached hydrogens (tertiary/aromatic N) is 1. The molecule has 1 aliphatic rings. The van der Waals surface area contributed by atoms with E-state index in [1.165, 1.54) is 0 Å². The average molecular weight is 237 g/mol. The van der Waals surface area contributed by atoms with Crippen molar-refractivity contribution in [1.82, 2.24) is 15.8 Å².